The molecule has 2 fully saturated rings. The first-order valence-corrected chi connectivity index (χ1v) is 13.3. The van der Waals surface area contributed by atoms with E-state index in [1.165, 1.54) is 0 Å². The van der Waals surface area contributed by atoms with Crippen LogP contribution in [0, 0.1) is 5.92 Å². The summed E-state index contributed by atoms with van der Waals surface area (Å²) in [6, 6.07) is 11.1. The summed E-state index contributed by atoms with van der Waals surface area (Å²) >= 11 is 0. The minimum absolute atomic E-state index is 0.0340. The number of benzene rings is 2. The van der Waals surface area contributed by atoms with E-state index in [1.807, 2.05) is 6.07 Å². The lowest BCUT2D eigenvalue weighted by molar-refractivity contribution is -0.160. The van der Waals surface area contributed by atoms with Crippen molar-refractivity contribution in [3.05, 3.63) is 71.0 Å². The summed E-state index contributed by atoms with van der Waals surface area (Å²) in [6.07, 6.45) is -3.89. The van der Waals surface area contributed by atoms with Gasteiger partial charge < -0.3 is 14.4 Å². The first kappa shape index (κ1) is 30.1. The number of cyclic esters (lactones) is 1. The lowest BCUT2D eigenvalue weighted by Crippen LogP contribution is -2.40. The molecule has 0 N–H and O–H groups in total. The average molecular weight is 577 g/mol. The molecule has 41 heavy (non-hydrogen) atoms. The van der Waals surface area contributed by atoms with Gasteiger partial charge in [0.15, 0.2) is 5.83 Å². The fourth-order valence-corrected chi connectivity index (χ4v) is 4.92. The highest BCUT2D eigenvalue weighted by Crippen LogP contribution is 2.36. The van der Waals surface area contributed by atoms with Crippen molar-refractivity contribution in [3.63, 3.8) is 0 Å². The highest BCUT2D eigenvalue weighted by Gasteiger charge is 2.40. The van der Waals surface area contributed by atoms with Gasteiger partial charge in [0.25, 0.3) is 5.91 Å². The van der Waals surface area contributed by atoms with Crippen LogP contribution < -0.4 is 4.90 Å². The predicted molar refractivity (Wildman–Crippen MR) is 143 cm³/mol. The monoisotopic (exact) mass is 576 g/mol. The normalized spacial score (nSPS) is 18.9. The van der Waals surface area contributed by atoms with Crippen LogP contribution in [0.3, 0.4) is 0 Å². The second kappa shape index (κ2) is 11.9. The minimum Gasteiger partial charge on any atom is -0.460 e. The van der Waals surface area contributed by atoms with E-state index in [2.05, 4.69) is 0 Å². The molecule has 4 rings (SSSR count). The number of ether oxygens (including phenoxy) is 2. The summed E-state index contributed by atoms with van der Waals surface area (Å²) in [6.45, 7) is 5.60. The first-order valence-electron chi connectivity index (χ1n) is 13.3. The summed E-state index contributed by atoms with van der Waals surface area (Å²) in [5, 5.41) is 0. The van der Waals surface area contributed by atoms with Crippen LogP contribution in [0.4, 0.5) is 28.0 Å². The number of halogens is 4. The molecule has 1 atom stereocenters. The quantitative estimate of drug-likeness (QED) is 0.233. The molecule has 2 aliphatic rings. The molecule has 0 bridgehead atoms. The van der Waals surface area contributed by atoms with E-state index in [1.54, 1.807) is 49.9 Å². The summed E-state index contributed by atoms with van der Waals surface area (Å²) in [5.41, 5.74) is -0.685. The summed E-state index contributed by atoms with van der Waals surface area (Å²) in [7, 11) is 0. The van der Waals surface area contributed by atoms with Gasteiger partial charge in [-0.25, -0.2) is 14.1 Å². The van der Waals surface area contributed by atoms with E-state index < -0.39 is 47.1 Å². The molecule has 0 unspecified atom stereocenters. The van der Waals surface area contributed by atoms with Crippen molar-refractivity contribution in [2.24, 2.45) is 5.92 Å². The SMILES string of the molecule is CC(C)(C)OC(=O)C1CCN(c2cc(C(F)(F)F)ccc2/C=C(\F)C(=O)N2C(=O)OC[C@H]2Cc2ccccc2)CC1. The Labute approximate surface area is 235 Å². The minimum atomic E-state index is -4.65. The third-order valence-corrected chi connectivity index (χ3v) is 6.91. The number of piperidine rings is 1. The van der Waals surface area contributed by atoms with E-state index in [0.717, 1.165) is 29.8 Å². The number of hydrogen-bond donors (Lipinski definition) is 0. The van der Waals surface area contributed by atoms with Gasteiger partial charge in [-0.2, -0.15) is 13.2 Å². The number of imide groups is 1. The lowest BCUT2D eigenvalue weighted by Gasteiger charge is -2.35. The molecule has 0 aliphatic carbocycles. The molecular formula is C30H32F4N2O5. The van der Waals surface area contributed by atoms with Gasteiger partial charge in [-0.05, 0) is 63.8 Å². The zero-order valence-corrected chi connectivity index (χ0v) is 23.0. The summed E-state index contributed by atoms with van der Waals surface area (Å²) in [5.74, 6) is -3.34. The van der Waals surface area contributed by atoms with Crippen molar-refractivity contribution in [2.45, 2.75) is 57.9 Å². The number of nitrogens with zero attached hydrogens (tertiary/aromatic N) is 2. The average Bonchev–Trinajstić information content (AvgIpc) is 3.27. The second-order valence-electron chi connectivity index (χ2n) is 11.2. The molecular weight excluding hydrogens is 544 g/mol. The molecule has 220 valence electrons. The Hall–Kier alpha value is -3.89. The van der Waals surface area contributed by atoms with E-state index in [9.17, 15) is 27.6 Å². The number of carbonyl (C=O) groups is 3. The predicted octanol–water partition coefficient (Wildman–Crippen LogP) is 6.16. The zero-order chi connectivity index (χ0) is 29.9. The third-order valence-electron chi connectivity index (χ3n) is 6.91. The van der Waals surface area contributed by atoms with Crippen molar-refractivity contribution in [3.8, 4) is 0 Å². The van der Waals surface area contributed by atoms with Crippen LogP contribution in [-0.2, 0) is 31.7 Å². The van der Waals surface area contributed by atoms with Crippen LogP contribution in [0.1, 0.15) is 50.3 Å². The molecule has 0 aromatic heterocycles. The summed E-state index contributed by atoms with van der Waals surface area (Å²) in [4.78, 5) is 40.2. The Morgan fingerprint density at radius 3 is 2.32 bits per heavy atom. The largest absolute Gasteiger partial charge is 0.460 e. The molecule has 2 amide bonds. The number of carbonyl (C=O) groups excluding carboxylic acids is 3. The van der Waals surface area contributed by atoms with Crippen LogP contribution >= 0.6 is 0 Å². The van der Waals surface area contributed by atoms with Crippen molar-refractivity contribution >= 4 is 29.7 Å². The van der Waals surface area contributed by atoms with E-state index >= 15 is 4.39 Å². The Morgan fingerprint density at radius 2 is 1.71 bits per heavy atom. The van der Waals surface area contributed by atoms with Gasteiger partial charge in [0, 0.05) is 24.3 Å². The van der Waals surface area contributed by atoms with Gasteiger partial charge in [-0.15, -0.1) is 0 Å². The molecule has 7 nitrogen and oxygen atoms in total. The Bertz CT molecular complexity index is 1310. The van der Waals surface area contributed by atoms with Crippen molar-refractivity contribution in [1.82, 2.24) is 4.90 Å². The fraction of sp³-hybridized carbons (Fsp3) is 0.433. The van der Waals surface area contributed by atoms with Crippen molar-refractivity contribution in [2.75, 3.05) is 24.6 Å². The zero-order valence-electron chi connectivity index (χ0n) is 23.0. The maximum atomic E-state index is 15.4. The molecule has 2 aliphatic heterocycles. The standard InChI is InChI=1S/C30H32F4N2O5/c1-29(2,3)41-27(38)20-11-13-35(14-12-20)25-17-22(30(32,33)34)10-9-21(25)16-24(31)26(37)36-23(18-40-28(36)39)15-19-7-5-4-6-8-19/h4-10,16-17,20,23H,11-15,18H2,1-3H3/b24-16-/t23-/m1/s1. The highest BCUT2D eigenvalue weighted by atomic mass is 19.4. The molecule has 2 heterocycles. The van der Waals surface area contributed by atoms with E-state index in [4.69, 9.17) is 9.47 Å². The van der Waals surface area contributed by atoms with Crippen LogP contribution in [0.15, 0.2) is 54.4 Å². The Morgan fingerprint density at radius 1 is 1.05 bits per heavy atom. The third kappa shape index (κ3) is 7.45. The number of alkyl halides is 3. The molecule has 0 radical (unpaired) electrons. The van der Waals surface area contributed by atoms with Gasteiger partial charge in [-0.3, -0.25) is 9.59 Å². The molecule has 2 aromatic carbocycles. The van der Waals surface area contributed by atoms with Gasteiger partial charge in [0.1, 0.15) is 12.2 Å². The van der Waals surface area contributed by atoms with Gasteiger partial charge in [0.05, 0.1) is 17.5 Å². The van der Waals surface area contributed by atoms with E-state index in [-0.39, 0.29) is 43.3 Å². The van der Waals surface area contributed by atoms with Crippen molar-refractivity contribution in [1.29, 1.82) is 0 Å². The molecule has 11 heteroatoms. The van der Waals surface area contributed by atoms with Gasteiger partial charge in [-0.1, -0.05) is 36.4 Å². The molecule has 2 saturated heterocycles. The number of amides is 2. The van der Waals surface area contributed by atoms with Gasteiger partial charge in [0.2, 0.25) is 0 Å². The first-order chi connectivity index (χ1) is 19.2. The molecule has 0 spiro atoms. The maximum Gasteiger partial charge on any atom is 0.417 e. The Balaban J connectivity index is 1.57. The van der Waals surface area contributed by atoms with Gasteiger partial charge >= 0.3 is 18.2 Å². The highest BCUT2D eigenvalue weighted by molar-refractivity contribution is 6.05. The number of esters is 1. The van der Waals surface area contributed by atoms with Crippen LogP contribution in [0.2, 0.25) is 0 Å². The molecule has 0 saturated carbocycles. The lowest BCUT2D eigenvalue weighted by atomic mass is 9.95. The van der Waals surface area contributed by atoms with Crippen molar-refractivity contribution < 1.29 is 41.4 Å². The van der Waals surface area contributed by atoms with Crippen LogP contribution in [0.25, 0.3) is 6.08 Å². The topological polar surface area (TPSA) is 76.2 Å². The maximum absolute atomic E-state index is 15.4. The fourth-order valence-electron chi connectivity index (χ4n) is 4.92. The Kier molecular flexibility index (Phi) is 8.74. The summed E-state index contributed by atoms with van der Waals surface area (Å²) < 4.78 is 66.5. The number of anilines is 1. The molecule has 2 aromatic rings. The second-order valence-corrected chi connectivity index (χ2v) is 11.2. The van der Waals surface area contributed by atoms with Crippen LogP contribution in [-0.4, -0.2) is 54.2 Å². The smallest absolute Gasteiger partial charge is 0.417 e. The number of hydrogen-bond acceptors (Lipinski definition) is 6. The van der Waals surface area contributed by atoms with Crippen LogP contribution in [0.5, 0.6) is 0 Å². The van der Waals surface area contributed by atoms with E-state index in [0.29, 0.717) is 17.7 Å². The number of rotatable bonds is 6.